The van der Waals surface area contributed by atoms with Gasteiger partial charge in [0.2, 0.25) is 0 Å². The van der Waals surface area contributed by atoms with E-state index in [0.29, 0.717) is 65.2 Å². The molecule has 1 aromatic heterocycles. The van der Waals surface area contributed by atoms with Crippen LogP contribution in [0.2, 0.25) is 5.02 Å². The minimum Gasteiger partial charge on any atom is -0.488 e. The Morgan fingerprint density at radius 2 is 1.37 bits per heavy atom. The molecule has 0 N–H and O–H groups in total. The number of benzene rings is 4. The van der Waals surface area contributed by atoms with Gasteiger partial charge in [0.25, 0.3) is 10.0 Å². The third-order valence-electron chi connectivity index (χ3n) is 8.33. The number of amides is 1. The lowest BCUT2D eigenvalue weighted by molar-refractivity contribution is 0.0240. The number of hydrogen-bond donors (Lipinski definition) is 0. The Balaban J connectivity index is 1.42. The summed E-state index contributed by atoms with van der Waals surface area (Å²) in [6.07, 6.45) is 1.13. The SMILES string of the molecule is Cc1ccccc1S(=O)(=O)n1cc(N2CCN(C(=O)OC(C)(C)C)CC2)c(-c2cc(Cl)c(OCc3ccccc3)cc2OCc2ccccc2)n1. The number of rotatable bonds is 10. The van der Waals surface area contributed by atoms with Crippen molar-refractivity contribution >= 4 is 33.4 Å². The molecule has 51 heavy (non-hydrogen) atoms. The first kappa shape index (κ1) is 35.8. The number of carbonyl (C=O) groups is 1. The van der Waals surface area contributed by atoms with Crippen molar-refractivity contribution in [2.24, 2.45) is 0 Å². The van der Waals surface area contributed by atoms with Gasteiger partial charge in [-0.15, -0.1) is 0 Å². The second-order valence-electron chi connectivity index (χ2n) is 13.3. The van der Waals surface area contributed by atoms with Crippen LogP contribution in [0.3, 0.4) is 0 Å². The van der Waals surface area contributed by atoms with E-state index in [9.17, 15) is 13.2 Å². The molecule has 6 rings (SSSR count). The number of aromatic nitrogens is 2. The molecule has 266 valence electrons. The van der Waals surface area contributed by atoms with Crippen LogP contribution in [0, 0.1) is 6.92 Å². The molecule has 0 aliphatic carbocycles. The molecule has 0 spiro atoms. The molecule has 0 bridgehead atoms. The van der Waals surface area contributed by atoms with Gasteiger partial charge in [-0.3, -0.25) is 0 Å². The predicted molar refractivity (Wildman–Crippen MR) is 198 cm³/mol. The number of nitrogens with zero attached hydrogens (tertiary/aromatic N) is 4. The largest absolute Gasteiger partial charge is 0.488 e. The monoisotopic (exact) mass is 728 g/mol. The fourth-order valence-corrected chi connectivity index (χ4v) is 7.29. The van der Waals surface area contributed by atoms with E-state index in [1.54, 1.807) is 48.2 Å². The minimum atomic E-state index is -4.09. The molecule has 1 aliphatic heterocycles. The summed E-state index contributed by atoms with van der Waals surface area (Å²) in [5.74, 6) is 0.824. The van der Waals surface area contributed by atoms with E-state index in [2.05, 4.69) is 0 Å². The van der Waals surface area contributed by atoms with Crippen LogP contribution in [0.4, 0.5) is 10.5 Å². The van der Waals surface area contributed by atoms with Crippen molar-refractivity contribution in [2.75, 3.05) is 31.1 Å². The molecule has 4 aromatic carbocycles. The van der Waals surface area contributed by atoms with E-state index in [1.165, 1.54) is 6.20 Å². The fourth-order valence-electron chi connectivity index (χ4n) is 5.71. The summed E-state index contributed by atoms with van der Waals surface area (Å²) in [5, 5.41) is 5.04. The first-order valence-corrected chi connectivity index (χ1v) is 18.5. The molecule has 1 amide bonds. The maximum Gasteiger partial charge on any atom is 0.410 e. The van der Waals surface area contributed by atoms with E-state index in [1.807, 2.05) is 86.3 Å². The molecule has 1 aliphatic rings. The Labute approximate surface area is 304 Å². The van der Waals surface area contributed by atoms with Crippen LogP contribution in [0.5, 0.6) is 11.5 Å². The van der Waals surface area contributed by atoms with Crippen molar-refractivity contribution in [1.29, 1.82) is 0 Å². The molecule has 0 atom stereocenters. The van der Waals surface area contributed by atoms with Gasteiger partial charge in [-0.1, -0.05) is 90.5 Å². The maximum atomic E-state index is 14.1. The molecule has 10 nitrogen and oxygen atoms in total. The van der Waals surface area contributed by atoms with Crippen LogP contribution in [-0.2, 0) is 28.0 Å². The van der Waals surface area contributed by atoms with Crippen LogP contribution >= 0.6 is 11.6 Å². The van der Waals surface area contributed by atoms with E-state index < -0.39 is 21.7 Å². The van der Waals surface area contributed by atoms with E-state index in [0.717, 1.165) is 15.2 Å². The average molecular weight is 729 g/mol. The number of carbonyl (C=O) groups excluding carboxylic acids is 1. The van der Waals surface area contributed by atoms with Gasteiger partial charge in [0.1, 0.15) is 36.0 Å². The Morgan fingerprint density at radius 3 is 1.96 bits per heavy atom. The summed E-state index contributed by atoms with van der Waals surface area (Å²) in [7, 11) is -4.09. The molecular formula is C39H41ClN4O6S. The minimum absolute atomic E-state index is 0.142. The number of aryl methyl sites for hydroxylation is 1. The fraction of sp³-hybridized carbons (Fsp3) is 0.282. The number of piperazine rings is 1. The molecule has 5 aromatic rings. The van der Waals surface area contributed by atoms with Gasteiger partial charge in [0.15, 0.2) is 0 Å². The Hall–Kier alpha value is -5.00. The van der Waals surface area contributed by atoms with Gasteiger partial charge in [0, 0.05) is 37.8 Å². The Morgan fingerprint density at radius 1 is 0.804 bits per heavy atom. The highest BCUT2D eigenvalue weighted by Gasteiger charge is 2.31. The topological polar surface area (TPSA) is 103 Å². The molecule has 2 heterocycles. The van der Waals surface area contributed by atoms with Crippen molar-refractivity contribution in [3.8, 4) is 22.8 Å². The summed E-state index contributed by atoms with van der Waals surface area (Å²) in [4.78, 5) is 16.7. The summed E-state index contributed by atoms with van der Waals surface area (Å²) in [6.45, 7) is 9.32. The van der Waals surface area contributed by atoms with E-state index >= 15 is 0 Å². The quantitative estimate of drug-likeness (QED) is 0.143. The van der Waals surface area contributed by atoms with Crippen LogP contribution in [0.15, 0.2) is 108 Å². The highest BCUT2D eigenvalue weighted by molar-refractivity contribution is 7.89. The summed E-state index contributed by atoms with van der Waals surface area (Å²) >= 11 is 6.89. The van der Waals surface area contributed by atoms with Gasteiger partial charge in [-0.2, -0.15) is 17.6 Å². The van der Waals surface area contributed by atoms with Gasteiger partial charge < -0.3 is 24.0 Å². The molecule has 0 unspecified atom stereocenters. The molecule has 0 saturated carbocycles. The van der Waals surface area contributed by atoms with Crippen LogP contribution < -0.4 is 14.4 Å². The van der Waals surface area contributed by atoms with E-state index in [4.69, 9.17) is 30.9 Å². The Bertz CT molecular complexity index is 2090. The van der Waals surface area contributed by atoms with Crippen molar-refractivity contribution in [1.82, 2.24) is 14.1 Å². The summed E-state index contributed by atoms with van der Waals surface area (Å²) < 4.78 is 47.4. The van der Waals surface area contributed by atoms with Gasteiger partial charge in [-0.05, 0) is 56.5 Å². The van der Waals surface area contributed by atoms with Crippen LogP contribution in [0.1, 0.15) is 37.5 Å². The van der Waals surface area contributed by atoms with Crippen LogP contribution in [-0.4, -0.2) is 60.4 Å². The smallest absolute Gasteiger partial charge is 0.410 e. The molecule has 1 saturated heterocycles. The molecule has 12 heteroatoms. The second-order valence-corrected chi connectivity index (χ2v) is 15.5. The lowest BCUT2D eigenvalue weighted by Gasteiger charge is -2.36. The third-order valence-corrected chi connectivity index (χ3v) is 10.3. The molecule has 0 radical (unpaired) electrons. The normalized spacial score (nSPS) is 13.6. The number of ether oxygens (including phenoxy) is 3. The van der Waals surface area contributed by atoms with Crippen molar-refractivity contribution < 1.29 is 27.4 Å². The van der Waals surface area contributed by atoms with Gasteiger partial charge >= 0.3 is 6.09 Å². The van der Waals surface area contributed by atoms with Gasteiger partial charge in [-0.25, -0.2) is 4.79 Å². The number of anilines is 1. The highest BCUT2D eigenvalue weighted by Crippen LogP contribution is 2.43. The van der Waals surface area contributed by atoms with Crippen molar-refractivity contribution in [3.63, 3.8) is 0 Å². The maximum absolute atomic E-state index is 14.1. The zero-order valence-electron chi connectivity index (χ0n) is 29.1. The first-order chi connectivity index (χ1) is 24.4. The Kier molecular flexibility index (Phi) is 10.6. The zero-order valence-corrected chi connectivity index (χ0v) is 30.7. The zero-order chi connectivity index (χ0) is 36.2. The second kappa shape index (κ2) is 15.1. The highest BCUT2D eigenvalue weighted by atomic mass is 35.5. The number of halogens is 1. The first-order valence-electron chi connectivity index (χ1n) is 16.7. The molecule has 1 fully saturated rings. The summed E-state index contributed by atoms with van der Waals surface area (Å²) in [6, 6.07) is 29.7. The number of hydrogen-bond acceptors (Lipinski definition) is 8. The van der Waals surface area contributed by atoms with Gasteiger partial charge in [0.05, 0.1) is 21.8 Å². The molecular weight excluding hydrogens is 688 g/mol. The lowest BCUT2D eigenvalue weighted by atomic mass is 10.1. The lowest BCUT2D eigenvalue weighted by Crippen LogP contribution is -2.50. The predicted octanol–water partition coefficient (Wildman–Crippen LogP) is 7.96. The van der Waals surface area contributed by atoms with Crippen molar-refractivity contribution in [3.05, 3.63) is 125 Å². The van der Waals surface area contributed by atoms with E-state index in [-0.39, 0.29) is 18.1 Å². The average Bonchev–Trinajstić information content (AvgIpc) is 3.57. The summed E-state index contributed by atoms with van der Waals surface area (Å²) in [5.41, 5.74) is 3.28. The standard InChI is InChI=1S/C39H41ClN4O6S/c1-28-13-11-12-18-36(28)51(46,47)44-25-33(42-19-21-43(22-20-42)38(45)50-39(2,3)4)37(41-44)31-23-32(40)35(49-27-30-16-9-6-10-17-30)24-34(31)48-26-29-14-7-5-8-15-29/h5-18,23-25H,19-22,26-27H2,1-4H3. The third kappa shape index (κ3) is 8.49. The van der Waals surface area contributed by atoms with Crippen LogP contribution in [0.25, 0.3) is 11.3 Å². The van der Waals surface area contributed by atoms with Crippen molar-refractivity contribution in [2.45, 2.75) is 51.4 Å².